The highest BCUT2D eigenvalue weighted by Crippen LogP contribution is 2.27. The third-order valence-corrected chi connectivity index (χ3v) is 3.62. The van der Waals surface area contributed by atoms with Gasteiger partial charge in [0.2, 0.25) is 0 Å². The van der Waals surface area contributed by atoms with E-state index in [0.29, 0.717) is 0 Å². The van der Waals surface area contributed by atoms with Crippen molar-refractivity contribution in [1.29, 1.82) is 0 Å². The topological polar surface area (TPSA) is 0 Å². The zero-order valence-electron chi connectivity index (χ0n) is 11.9. The predicted molar refractivity (Wildman–Crippen MR) is 82.0 cm³/mol. The number of benzene rings is 1. The first-order chi connectivity index (χ1) is 8.88. The number of rotatable bonds is 10. The third kappa shape index (κ3) is 6.05. The first-order valence-corrected chi connectivity index (χ1v) is 7.54. The average Bonchev–Trinajstić information content (AvgIpc) is 2.42. The maximum Gasteiger partial charge on any atom is -0.0162 e. The van der Waals surface area contributed by atoms with Crippen molar-refractivity contribution in [1.82, 2.24) is 0 Å². The molecule has 0 aliphatic carbocycles. The lowest BCUT2D eigenvalue weighted by atomic mass is 9.89. The van der Waals surface area contributed by atoms with Crippen LogP contribution in [0, 0.1) is 0 Å². The van der Waals surface area contributed by atoms with Gasteiger partial charge < -0.3 is 0 Å². The minimum Gasteiger partial charge on any atom is -0.103 e. The zero-order valence-corrected chi connectivity index (χ0v) is 11.9. The molecule has 0 spiro atoms. The van der Waals surface area contributed by atoms with E-state index >= 15 is 0 Å². The lowest BCUT2D eigenvalue weighted by molar-refractivity contribution is 0.518. The summed E-state index contributed by atoms with van der Waals surface area (Å²) in [4.78, 5) is 0. The molecule has 0 heterocycles. The molecule has 0 saturated heterocycles. The summed E-state index contributed by atoms with van der Waals surface area (Å²) in [7, 11) is 0. The summed E-state index contributed by atoms with van der Waals surface area (Å²) in [6.45, 7) is 6.06. The highest BCUT2D eigenvalue weighted by atomic mass is 14.1. The van der Waals surface area contributed by atoms with Gasteiger partial charge in [-0.05, 0) is 37.2 Å². The minimum atomic E-state index is 0.774. The Morgan fingerprint density at radius 3 is 2.39 bits per heavy atom. The van der Waals surface area contributed by atoms with Crippen LogP contribution in [0.1, 0.15) is 69.8 Å². The molecule has 0 saturated carbocycles. The molecule has 1 unspecified atom stereocenters. The van der Waals surface area contributed by atoms with Crippen LogP contribution in [0.3, 0.4) is 0 Å². The van der Waals surface area contributed by atoms with Crippen molar-refractivity contribution < 1.29 is 0 Å². The summed E-state index contributed by atoms with van der Waals surface area (Å²) < 4.78 is 0. The molecule has 0 radical (unpaired) electrons. The zero-order chi connectivity index (χ0) is 13.1. The smallest absolute Gasteiger partial charge is 0.0162 e. The Bertz CT molecular complexity index is 299. The third-order valence-electron chi connectivity index (χ3n) is 3.62. The molecular weight excluding hydrogens is 216 g/mol. The fourth-order valence-corrected chi connectivity index (χ4v) is 2.58. The molecule has 1 aromatic carbocycles. The predicted octanol–water partition coefficient (Wildman–Crippen LogP) is 6.10. The van der Waals surface area contributed by atoms with Crippen LogP contribution in [-0.2, 0) is 0 Å². The van der Waals surface area contributed by atoms with E-state index in [-0.39, 0.29) is 0 Å². The van der Waals surface area contributed by atoms with Crippen molar-refractivity contribution in [3.8, 4) is 0 Å². The van der Waals surface area contributed by atoms with Crippen LogP contribution in [0.5, 0.6) is 0 Å². The quantitative estimate of drug-likeness (QED) is 0.345. The molecule has 100 valence electrons. The van der Waals surface area contributed by atoms with Gasteiger partial charge in [0.1, 0.15) is 0 Å². The fourth-order valence-electron chi connectivity index (χ4n) is 2.58. The Labute approximate surface area is 113 Å². The number of hydrogen-bond acceptors (Lipinski definition) is 0. The van der Waals surface area contributed by atoms with Gasteiger partial charge in [-0.3, -0.25) is 0 Å². The van der Waals surface area contributed by atoms with E-state index in [1.54, 1.807) is 0 Å². The standard InChI is InChI=1S/C18H28/c1-3-5-6-7-8-10-14-17(13-4-2)18-15-11-9-12-16-18/h3,9,11-12,15-17H,1,4-8,10,13-14H2,2H3. The second kappa shape index (κ2) is 9.94. The van der Waals surface area contributed by atoms with E-state index in [0.717, 1.165) is 5.92 Å². The molecule has 1 rings (SSSR count). The Morgan fingerprint density at radius 1 is 1.00 bits per heavy atom. The summed E-state index contributed by atoms with van der Waals surface area (Å²) in [6.07, 6.45) is 12.6. The molecule has 0 aliphatic rings. The molecule has 0 aliphatic heterocycles. The van der Waals surface area contributed by atoms with Gasteiger partial charge in [0.15, 0.2) is 0 Å². The largest absolute Gasteiger partial charge is 0.103 e. The summed E-state index contributed by atoms with van der Waals surface area (Å²) in [5, 5.41) is 0. The van der Waals surface area contributed by atoms with Crippen LogP contribution in [-0.4, -0.2) is 0 Å². The molecule has 0 amide bonds. The van der Waals surface area contributed by atoms with Crippen molar-refractivity contribution >= 4 is 0 Å². The van der Waals surface area contributed by atoms with Crippen molar-refractivity contribution in [2.45, 2.75) is 64.2 Å². The van der Waals surface area contributed by atoms with Gasteiger partial charge in [-0.15, -0.1) is 6.58 Å². The lowest BCUT2D eigenvalue weighted by Gasteiger charge is -2.16. The van der Waals surface area contributed by atoms with Crippen LogP contribution >= 0.6 is 0 Å². The van der Waals surface area contributed by atoms with Crippen molar-refractivity contribution in [3.63, 3.8) is 0 Å². The normalized spacial score (nSPS) is 12.3. The van der Waals surface area contributed by atoms with E-state index in [9.17, 15) is 0 Å². The Morgan fingerprint density at radius 2 is 1.72 bits per heavy atom. The molecular formula is C18H28. The van der Waals surface area contributed by atoms with Gasteiger partial charge in [0.25, 0.3) is 0 Å². The summed E-state index contributed by atoms with van der Waals surface area (Å²) >= 11 is 0. The number of unbranched alkanes of at least 4 members (excludes halogenated alkanes) is 4. The van der Waals surface area contributed by atoms with Crippen LogP contribution in [0.2, 0.25) is 0 Å². The van der Waals surface area contributed by atoms with Crippen molar-refractivity contribution in [3.05, 3.63) is 48.6 Å². The maximum atomic E-state index is 3.77. The number of allylic oxidation sites excluding steroid dienone is 1. The van der Waals surface area contributed by atoms with Crippen molar-refractivity contribution in [2.75, 3.05) is 0 Å². The molecule has 1 aromatic rings. The summed E-state index contributed by atoms with van der Waals surface area (Å²) in [5.74, 6) is 0.774. The molecule has 0 heteroatoms. The second-order valence-electron chi connectivity index (χ2n) is 5.18. The SMILES string of the molecule is C=CCCCCCCC(CCC)c1ccccc1. The summed E-state index contributed by atoms with van der Waals surface area (Å²) in [6, 6.07) is 11.0. The van der Waals surface area contributed by atoms with Crippen molar-refractivity contribution in [2.24, 2.45) is 0 Å². The molecule has 0 aromatic heterocycles. The fraction of sp³-hybridized carbons (Fsp3) is 0.556. The van der Waals surface area contributed by atoms with Gasteiger partial charge in [-0.25, -0.2) is 0 Å². The number of hydrogen-bond donors (Lipinski definition) is 0. The first-order valence-electron chi connectivity index (χ1n) is 7.54. The van der Waals surface area contributed by atoms with E-state index in [2.05, 4.69) is 43.8 Å². The van der Waals surface area contributed by atoms with Gasteiger partial charge in [-0.2, -0.15) is 0 Å². The van der Waals surface area contributed by atoms with Crippen LogP contribution in [0.25, 0.3) is 0 Å². The van der Waals surface area contributed by atoms with Gasteiger partial charge in [0.05, 0.1) is 0 Å². The minimum absolute atomic E-state index is 0.774. The Kier molecular flexibility index (Phi) is 8.29. The van der Waals surface area contributed by atoms with E-state index in [1.807, 2.05) is 6.08 Å². The maximum absolute atomic E-state index is 3.77. The Hall–Kier alpha value is -1.04. The highest BCUT2D eigenvalue weighted by molar-refractivity contribution is 5.19. The second-order valence-corrected chi connectivity index (χ2v) is 5.18. The molecule has 0 N–H and O–H groups in total. The molecule has 18 heavy (non-hydrogen) atoms. The molecule has 1 atom stereocenters. The molecule has 0 nitrogen and oxygen atoms in total. The van der Waals surface area contributed by atoms with Gasteiger partial charge in [0, 0.05) is 0 Å². The average molecular weight is 244 g/mol. The van der Waals surface area contributed by atoms with Crippen LogP contribution in [0.15, 0.2) is 43.0 Å². The van der Waals surface area contributed by atoms with E-state index in [4.69, 9.17) is 0 Å². The summed E-state index contributed by atoms with van der Waals surface area (Å²) in [5.41, 5.74) is 1.53. The Balaban J connectivity index is 2.28. The van der Waals surface area contributed by atoms with Gasteiger partial charge >= 0.3 is 0 Å². The first kappa shape index (κ1) is 15.0. The molecule has 0 bridgehead atoms. The van der Waals surface area contributed by atoms with E-state index in [1.165, 1.54) is 56.9 Å². The van der Waals surface area contributed by atoms with Crippen LogP contribution in [0.4, 0.5) is 0 Å². The molecule has 0 fully saturated rings. The van der Waals surface area contributed by atoms with E-state index < -0.39 is 0 Å². The monoisotopic (exact) mass is 244 g/mol. The highest BCUT2D eigenvalue weighted by Gasteiger charge is 2.09. The van der Waals surface area contributed by atoms with Gasteiger partial charge in [-0.1, -0.05) is 69.0 Å². The lowest BCUT2D eigenvalue weighted by Crippen LogP contribution is -1.98. The van der Waals surface area contributed by atoms with Crippen LogP contribution < -0.4 is 0 Å².